The number of allylic oxidation sites excluding steroid dienone is 1. The first-order valence-electron chi connectivity index (χ1n) is 15.8. The van der Waals surface area contributed by atoms with E-state index in [0.717, 1.165) is 30.6 Å². The molecular weight excluding hydrogens is 632 g/mol. The van der Waals surface area contributed by atoms with Crippen molar-refractivity contribution in [3.63, 3.8) is 0 Å². The van der Waals surface area contributed by atoms with Gasteiger partial charge < -0.3 is 20.0 Å². The number of thioether (sulfide) groups is 1. The molecule has 3 fully saturated rings. The van der Waals surface area contributed by atoms with Crippen LogP contribution >= 0.6 is 35.0 Å². The zero-order chi connectivity index (χ0) is 31.9. The minimum Gasteiger partial charge on any atom is -0.338 e. The molecule has 3 aliphatic heterocycles. The molecular formula is C34H38Cl2FN5O2S. The van der Waals surface area contributed by atoms with Crippen molar-refractivity contribution in [3.8, 4) is 0 Å². The van der Waals surface area contributed by atoms with Crippen LogP contribution in [0.15, 0.2) is 58.1 Å². The summed E-state index contributed by atoms with van der Waals surface area (Å²) in [5.74, 6) is -0.627. The first-order chi connectivity index (χ1) is 21.4. The zero-order valence-corrected chi connectivity index (χ0v) is 28.3. The lowest BCUT2D eigenvalue weighted by Gasteiger charge is -2.40. The number of amidine groups is 1. The van der Waals surface area contributed by atoms with Crippen molar-refractivity contribution in [2.24, 2.45) is 10.9 Å². The largest absolute Gasteiger partial charge is 0.338 e. The molecule has 2 atom stereocenters. The molecule has 238 valence electrons. The number of hydrogen-bond donors (Lipinski definition) is 1. The van der Waals surface area contributed by atoms with Crippen LogP contribution in [0.2, 0.25) is 10.0 Å². The average molecular weight is 671 g/mol. The van der Waals surface area contributed by atoms with E-state index in [9.17, 15) is 14.0 Å². The Morgan fingerprint density at radius 1 is 1.13 bits per heavy atom. The molecule has 1 saturated heterocycles. The molecule has 11 heteroatoms. The van der Waals surface area contributed by atoms with Crippen LogP contribution in [0.1, 0.15) is 70.5 Å². The zero-order valence-electron chi connectivity index (χ0n) is 26.0. The smallest absolute Gasteiger partial charge is 0.263 e. The Hall–Kier alpha value is -2.59. The lowest BCUT2D eigenvalue weighted by molar-refractivity contribution is -0.146. The van der Waals surface area contributed by atoms with Crippen molar-refractivity contribution in [2.75, 3.05) is 26.2 Å². The Morgan fingerprint density at radius 2 is 1.84 bits per heavy atom. The van der Waals surface area contributed by atoms with Gasteiger partial charge >= 0.3 is 0 Å². The molecule has 2 aliphatic carbocycles. The van der Waals surface area contributed by atoms with E-state index in [1.807, 2.05) is 49.1 Å². The number of nitrogens with zero attached hydrogens (tertiary/aromatic N) is 4. The molecule has 1 N–H and O–H groups in total. The number of amides is 2. The summed E-state index contributed by atoms with van der Waals surface area (Å²) in [6.45, 7) is 10.7. The van der Waals surface area contributed by atoms with Gasteiger partial charge in [0.2, 0.25) is 5.91 Å². The van der Waals surface area contributed by atoms with Crippen molar-refractivity contribution in [2.45, 2.75) is 76.0 Å². The maximum Gasteiger partial charge on any atom is 0.263 e. The van der Waals surface area contributed by atoms with Gasteiger partial charge in [0.05, 0.1) is 11.1 Å². The Morgan fingerprint density at radius 3 is 2.44 bits per heavy atom. The van der Waals surface area contributed by atoms with Gasteiger partial charge in [-0.15, -0.1) is 0 Å². The SMILES string of the molecule is CCN(C(=O)C1=C(C(C)C)N2C(=N[C@@](C)(c3ccc(Cl)cc3)[C@H]2c2ccc(Cl)c(F)c2)S1)C1(C(=O)N2CCNC3(CC3)C2)CC1. The molecule has 0 aromatic heterocycles. The van der Waals surface area contributed by atoms with Crippen molar-refractivity contribution in [1.29, 1.82) is 0 Å². The summed E-state index contributed by atoms with van der Waals surface area (Å²) in [5, 5.41) is 4.93. The fraction of sp³-hybridized carbons (Fsp3) is 0.500. The van der Waals surface area contributed by atoms with Gasteiger partial charge in [0, 0.05) is 42.4 Å². The number of carbonyl (C=O) groups is 2. The highest BCUT2D eigenvalue weighted by Crippen LogP contribution is 2.57. The van der Waals surface area contributed by atoms with Crippen LogP contribution in [-0.2, 0) is 15.1 Å². The van der Waals surface area contributed by atoms with Crippen molar-refractivity contribution < 1.29 is 14.0 Å². The highest BCUT2D eigenvalue weighted by molar-refractivity contribution is 8.18. The molecule has 2 amide bonds. The molecule has 1 spiro atoms. The third-order valence-corrected chi connectivity index (χ3v) is 11.8. The van der Waals surface area contributed by atoms with Crippen LogP contribution in [0.3, 0.4) is 0 Å². The summed E-state index contributed by atoms with van der Waals surface area (Å²) < 4.78 is 15.0. The maximum atomic E-state index is 15.0. The number of hydrogen-bond acceptors (Lipinski definition) is 6. The van der Waals surface area contributed by atoms with Gasteiger partial charge in [-0.1, -0.05) is 55.2 Å². The molecule has 7 nitrogen and oxygen atoms in total. The van der Waals surface area contributed by atoms with Crippen LogP contribution in [-0.4, -0.2) is 68.9 Å². The number of piperazine rings is 1. The van der Waals surface area contributed by atoms with Crippen molar-refractivity contribution in [1.82, 2.24) is 20.0 Å². The number of rotatable bonds is 7. The number of fused-ring (bicyclic) bond motifs is 1. The molecule has 7 rings (SSSR count). The lowest BCUT2D eigenvalue weighted by atomic mass is 9.81. The summed E-state index contributed by atoms with van der Waals surface area (Å²) in [5.41, 5.74) is 0.918. The number of carbonyl (C=O) groups excluding carboxylic acids is 2. The molecule has 0 radical (unpaired) electrons. The molecule has 2 aromatic rings. The van der Waals surface area contributed by atoms with Crippen LogP contribution in [0.25, 0.3) is 0 Å². The summed E-state index contributed by atoms with van der Waals surface area (Å²) in [6.07, 6.45) is 3.52. The number of likely N-dealkylation sites (N-methyl/N-ethyl adjacent to an activating group) is 1. The fourth-order valence-corrected chi connectivity index (χ4v) is 9.09. The topological polar surface area (TPSA) is 68.2 Å². The Bertz CT molecular complexity index is 1640. The second-order valence-corrected chi connectivity index (χ2v) is 15.3. The van der Waals surface area contributed by atoms with Gasteiger partial charge in [0.1, 0.15) is 21.8 Å². The first-order valence-corrected chi connectivity index (χ1v) is 17.4. The molecule has 2 saturated carbocycles. The normalized spacial score (nSPS) is 26.0. The van der Waals surface area contributed by atoms with E-state index in [2.05, 4.69) is 24.1 Å². The number of halogens is 3. The number of aliphatic imine (C=N–C) groups is 1. The van der Waals surface area contributed by atoms with Crippen LogP contribution in [0.5, 0.6) is 0 Å². The van der Waals surface area contributed by atoms with E-state index < -0.39 is 22.9 Å². The standard InChI is InChI=1S/C34H38Cl2FN5O2S/c1-5-41(34(14-15-34)30(44)40-17-16-38-33(19-40)12-13-33)29(43)27-26(20(2)3)42-28(21-6-11-24(36)25(37)18-21)32(4,39-31(42)45-27)22-7-9-23(35)10-8-22/h6-11,18,20,28,38H,5,12-17,19H2,1-4H3/t28-,32+/m1/s1. The second kappa shape index (κ2) is 11.0. The van der Waals surface area contributed by atoms with Crippen LogP contribution < -0.4 is 5.32 Å². The van der Waals surface area contributed by atoms with Crippen molar-refractivity contribution >= 4 is 51.9 Å². The molecule has 5 aliphatic rings. The summed E-state index contributed by atoms with van der Waals surface area (Å²) in [6, 6.07) is 12.0. The highest BCUT2D eigenvalue weighted by atomic mass is 35.5. The van der Waals surface area contributed by atoms with Gasteiger partial charge in [-0.25, -0.2) is 9.38 Å². The highest BCUT2D eigenvalue weighted by Gasteiger charge is 2.61. The van der Waals surface area contributed by atoms with Crippen molar-refractivity contribution in [3.05, 3.63) is 80.1 Å². The number of nitrogens with one attached hydrogen (secondary N) is 1. The minimum atomic E-state index is -0.805. The second-order valence-electron chi connectivity index (χ2n) is 13.5. The molecule has 0 unspecified atom stereocenters. The predicted molar refractivity (Wildman–Crippen MR) is 178 cm³/mol. The Balaban J connectivity index is 1.27. The molecule has 2 aromatic carbocycles. The van der Waals surface area contributed by atoms with Gasteiger partial charge in [-0.05, 0) is 92.6 Å². The predicted octanol–water partition coefficient (Wildman–Crippen LogP) is 6.72. The molecule has 45 heavy (non-hydrogen) atoms. The molecule has 0 bridgehead atoms. The average Bonchev–Trinajstić information content (AvgIpc) is 3.91. The summed E-state index contributed by atoms with van der Waals surface area (Å²) in [4.78, 5) is 40.5. The molecule has 3 heterocycles. The summed E-state index contributed by atoms with van der Waals surface area (Å²) in [7, 11) is 0. The van der Waals surface area contributed by atoms with E-state index in [4.69, 9.17) is 28.2 Å². The monoisotopic (exact) mass is 669 g/mol. The van der Waals surface area contributed by atoms with E-state index >= 15 is 0 Å². The lowest BCUT2D eigenvalue weighted by Crippen LogP contribution is -2.60. The number of benzene rings is 2. The quantitative estimate of drug-likeness (QED) is 0.355. The minimum absolute atomic E-state index is 0.0486. The first kappa shape index (κ1) is 31.0. The van der Waals surface area contributed by atoms with E-state index in [0.29, 0.717) is 53.1 Å². The Kier molecular flexibility index (Phi) is 7.58. The fourth-order valence-electron chi connectivity index (χ4n) is 7.49. The third kappa shape index (κ3) is 5.00. The van der Waals surface area contributed by atoms with Crippen LogP contribution in [0.4, 0.5) is 4.39 Å². The van der Waals surface area contributed by atoms with E-state index in [1.54, 1.807) is 11.0 Å². The van der Waals surface area contributed by atoms with Gasteiger partial charge in [-0.2, -0.15) is 0 Å². The van der Waals surface area contributed by atoms with Gasteiger partial charge in [0.15, 0.2) is 5.17 Å². The van der Waals surface area contributed by atoms with E-state index in [1.165, 1.54) is 17.8 Å². The van der Waals surface area contributed by atoms with E-state index in [-0.39, 0.29) is 28.3 Å². The van der Waals surface area contributed by atoms with Gasteiger partial charge in [0.25, 0.3) is 5.91 Å². The Labute approximate surface area is 278 Å². The maximum absolute atomic E-state index is 15.0. The summed E-state index contributed by atoms with van der Waals surface area (Å²) >= 11 is 13.7. The third-order valence-electron chi connectivity index (χ3n) is 10.2. The van der Waals surface area contributed by atoms with Crippen LogP contribution in [0, 0.1) is 11.7 Å². The van der Waals surface area contributed by atoms with Gasteiger partial charge in [-0.3, -0.25) is 9.59 Å².